The average molecular weight is 252 g/mol. The van der Waals surface area contributed by atoms with Crippen LogP contribution in [0.25, 0.3) is 0 Å². The maximum absolute atomic E-state index is 13.4. The van der Waals surface area contributed by atoms with Gasteiger partial charge in [-0.2, -0.15) is 0 Å². The largest absolute Gasteiger partial charge is 0.392 e. The van der Waals surface area contributed by atoms with Crippen LogP contribution in [0.2, 0.25) is 0 Å². The number of primary amides is 1. The van der Waals surface area contributed by atoms with E-state index in [0.717, 1.165) is 5.69 Å². The summed E-state index contributed by atoms with van der Waals surface area (Å²) >= 11 is 0. The van der Waals surface area contributed by atoms with Gasteiger partial charge in [0.1, 0.15) is 5.82 Å². The van der Waals surface area contributed by atoms with E-state index in [4.69, 9.17) is 10.8 Å². The summed E-state index contributed by atoms with van der Waals surface area (Å²) in [6.07, 6.45) is 1.39. The van der Waals surface area contributed by atoms with Gasteiger partial charge in [0.15, 0.2) is 0 Å². The van der Waals surface area contributed by atoms with Crippen molar-refractivity contribution >= 4 is 11.6 Å². The Morgan fingerprint density at radius 1 is 1.39 bits per heavy atom. The first-order valence-electron chi connectivity index (χ1n) is 6.04. The number of nitrogens with zero attached hydrogens (tertiary/aromatic N) is 1. The summed E-state index contributed by atoms with van der Waals surface area (Å²) in [5.74, 6) is -0.689. The molecule has 0 atom stereocenters. The lowest BCUT2D eigenvalue weighted by Gasteiger charge is -2.32. The summed E-state index contributed by atoms with van der Waals surface area (Å²) in [5, 5.41) is 9.05. The molecule has 0 radical (unpaired) electrons. The van der Waals surface area contributed by atoms with E-state index in [1.165, 1.54) is 12.1 Å². The van der Waals surface area contributed by atoms with Gasteiger partial charge in [0.2, 0.25) is 5.91 Å². The Bertz CT molecular complexity index is 443. The normalized spacial score (nSPS) is 16.9. The van der Waals surface area contributed by atoms with Gasteiger partial charge < -0.3 is 15.7 Å². The highest BCUT2D eigenvalue weighted by molar-refractivity contribution is 5.77. The maximum Gasteiger partial charge on any atom is 0.220 e. The zero-order valence-corrected chi connectivity index (χ0v) is 10.1. The number of halogens is 1. The molecule has 98 valence electrons. The minimum atomic E-state index is -0.353. The van der Waals surface area contributed by atoms with Crippen LogP contribution in [-0.2, 0) is 11.4 Å². The highest BCUT2D eigenvalue weighted by atomic mass is 19.1. The summed E-state index contributed by atoms with van der Waals surface area (Å²) in [7, 11) is 0. The molecule has 1 fully saturated rings. The van der Waals surface area contributed by atoms with Crippen LogP contribution in [0.1, 0.15) is 18.4 Å². The van der Waals surface area contributed by atoms with Gasteiger partial charge in [-0.3, -0.25) is 4.79 Å². The van der Waals surface area contributed by atoms with E-state index in [2.05, 4.69) is 0 Å². The predicted molar refractivity (Wildman–Crippen MR) is 66.5 cm³/mol. The fourth-order valence-electron chi connectivity index (χ4n) is 2.33. The standard InChI is InChI=1S/C13H17FN2O2/c14-11-5-9(8-17)6-12(7-11)16-3-1-10(2-4-16)13(15)18/h5-7,10,17H,1-4,8H2,(H2,15,18). The summed E-state index contributed by atoms with van der Waals surface area (Å²) in [6, 6.07) is 4.54. The molecule has 1 amide bonds. The molecule has 1 saturated heterocycles. The van der Waals surface area contributed by atoms with Crippen LogP contribution in [0.5, 0.6) is 0 Å². The van der Waals surface area contributed by atoms with Crippen LogP contribution in [0.4, 0.5) is 10.1 Å². The number of nitrogens with two attached hydrogens (primary N) is 1. The predicted octanol–water partition coefficient (Wildman–Crippen LogP) is 1.02. The second-order valence-corrected chi connectivity index (χ2v) is 4.64. The number of anilines is 1. The number of carbonyl (C=O) groups is 1. The molecular formula is C13H17FN2O2. The molecule has 3 N–H and O–H groups in total. The number of carbonyl (C=O) groups excluding carboxylic acids is 1. The van der Waals surface area contributed by atoms with E-state index in [0.29, 0.717) is 31.5 Å². The first-order valence-corrected chi connectivity index (χ1v) is 6.04. The lowest BCUT2D eigenvalue weighted by Crippen LogP contribution is -2.38. The molecular weight excluding hydrogens is 235 g/mol. The van der Waals surface area contributed by atoms with Crippen molar-refractivity contribution in [1.29, 1.82) is 0 Å². The van der Waals surface area contributed by atoms with Gasteiger partial charge in [-0.1, -0.05) is 0 Å². The Kier molecular flexibility index (Phi) is 3.81. The Labute approximate surface area is 105 Å². The summed E-state index contributed by atoms with van der Waals surface area (Å²) in [5.41, 5.74) is 6.58. The molecule has 2 rings (SSSR count). The number of rotatable bonds is 3. The van der Waals surface area contributed by atoms with Crippen molar-refractivity contribution < 1.29 is 14.3 Å². The van der Waals surface area contributed by atoms with Gasteiger partial charge in [-0.05, 0) is 36.6 Å². The fourth-order valence-corrected chi connectivity index (χ4v) is 2.33. The SMILES string of the molecule is NC(=O)C1CCN(c2cc(F)cc(CO)c2)CC1. The zero-order chi connectivity index (χ0) is 13.1. The number of amides is 1. The molecule has 4 nitrogen and oxygen atoms in total. The third-order valence-electron chi connectivity index (χ3n) is 3.39. The van der Waals surface area contributed by atoms with Crippen molar-refractivity contribution in [3.8, 4) is 0 Å². The molecule has 0 bridgehead atoms. The Balaban J connectivity index is 2.09. The van der Waals surface area contributed by atoms with Crippen molar-refractivity contribution in [2.45, 2.75) is 19.4 Å². The molecule has 1 aromatic carbocycles. The lowest BCUT2D eigenvalue weighted by molar-refractivity contribution is -0.122. The van der Waals surface area contributed by atoms with E-state index in [1.807, 2.05) is 4.90 Å². The molecule has 0 saturated carbocycles. The van der Waals surface area contributed by atoms with Gasteiger partial charge in [-0.15, -0.1) is 0 Å². The molecule has 1 aliphatic heterocycles. The molecule has 0 unspecified atom stereocenters. The van der Waals surface area contributed by atoms with E-state index in [1.54, 1.807) is 6.07 Å². The molecule has 0 aromatic heterocycles. The average Bonchev–Trinajstić information content (AvgIpc) is 2.38. The van der Waals surface area contributed by atoms with E-state index >= 15 is 0 Å². The molecule has 0 spiro atoms. The molecule has 1 aliphatic rings. The molecule has 1 heterocycles. The van der Waals surface area contributed by atoms with Crippen LogP contribution in [0.15, 0.2) is 18.2 Å². The van der Waals surface area contributed by atoms with Crippen LogP contribution in [-0.4, -0.2) is 24.1 Å². The summed E-state index contributed by atoms with van der Waals surface area (Å²) < 4.78 is 13.4. The minimum absolute atomic E-state index is 0.0767. The first-order chi connectivity index (χ1) is 8.60. The number of benzene rings is 1. The number of piperidine rings is 1. The smallest absolute Gasteiger partial charge is 0.220 e. The van der Waals surface area contributed by atoms with Crippen LogP contribution < -0.4 is 10.6 Å². The first kappa shape index (κ1) is 12.8. The van der Waals surface area contributed by atoms with E-state index < -0.39 is 0 Å². The highest BCUT2D eigenvalue weighted by Crippen LogP contribution is 2.25. The van der Waals surface area contributed by atoms with Crippen LogP contribution >= 0.6 is 0 Å². The number of hydrogen-bond acceptors (Lipinski definition) is 3. The molecule has 0 aliphatic carbocycles. The van der Waals surface area contributed by atoms with Gasteiger partial charge in [0.05, 0.1) is 6.61 Å². The van der Waals surface area contributed by atoms with Crippen molar-refractivity contribution in [3.05, 3.63) is 29.6 Å². The van der Waals surface area contributed by atoms with Crippen LogP contribution in [0.3, 0.4) is 0 Å². The van der Waals surface area contributed by atoms with Crippen LogP contribution in [0, 0.1) is 11.7 Å². The van der Waals surface area contributed by atoms with Crippen molar-refractivity contribution in [2.24, 2.45) is 11.7 Å². The quantitative estimate of drug-likeness (QED) is 0.844. The zero-order valence-electron chi connectivity index (χ0n) is 10.1. The van der Waals surface area contributed by atoms with Gasteiger partial charge in [-0.25, -0.2) is 4.39 Å². The Hall–Kier alpha value is -1.62. The second kappa shape index (κ2) is 5.35. The Morgan fingerprint density at radius 3 is 2.61 bits per heavy atom. The van der Waals surface area contributed by atoms with E-state index in [9.17, 15) is 9.18 Å². The second-order valence-electron chi connectivity index (χ2n) is 4.64. The molecule has 5 heteroatoms. The van der Waals surface area contributed by atoms with Crippen molar-refractivity contribution in [3.63, 3.8) is 0 Å². The highest BCUT2D eigenvalue weighted by Gasteiger charge is 2.23. The summed E-state index contributed by atoms with van der Waals surface area (Å²) in [4.78, 5) is 13.1. The third-order valence-corrected chi connectivity index (χ3v) is 3.39. The number of hydrogen-bond donors (Lipinski definition) is 2. The number of aliphatic hydroxyl groups is 1. The fraction of sp³-hybridized carbons (Fsp3) is 0.462. The third kappa shape index (κ3) is 2.79. The van der Waals surface area contributed by atoms with Gasteiger partial charge in [0, 0.05) is 24.7 Å². The summed E-state index contributed by atoms with van der Waals surface area (Å²) in [6.45, 7) is 1.19. The topological polar surface area (TPSA) is 66.6 Å². The Morgan fingerprint density at radius 2 is 2.06 bits per heavy atom. The molecule has 1 aromatic rings. The molecule has 18 heavy (non-hydrogen) atoms. The lowest BCUT2D eigenvalue weighted by atomic mass is 9.96. The minimum Gasteiger partial charge on any atom is -0.392 e. The van der Waals surface area contributed by atoms with Crippen molar-refractivity contribution in [1.82, 2.24) is 0 Å². The van der Waals surface area contributed by atoms with Gasteiger partial charge in [0.25, 0.3) is 0 Å². The monoisotopic (exact) mass is 252 g/mol. The maximum atomic E-state index is 13.4. The number of aliphatic hydroxyl groups excluding tert-OH is 1. The van der Waals surface area contributed by atoms with Gasteiger partial charge >= 0.3 is 0 Å². The van der Waals surface area contributed by atoms with E-state index in [-0.39, 0.29) is 24.2 Å². The van der Waals surface area contributed by atoms with Crippen molar-refractivity contribution in [2.75, 3.05) is 18.0 Å².